The molecule has 1 aromatic carbocycles. The van der Waals surface area contributed by atoms with E-state index in [9.17, 15) is 5.11 Å². The number of nitrogens with zero attached hydrogens (tertiary/aromatic N) is 1. The van der Waals surface area contributed by atoms with Gasteiger partial charge < -0.3 is 15.7 Å². The van der Waals surface area contributed by atoms with E-state index < -0.39 is 0 Å². The number of hydrogen-bond acceptors (Lipinski definition) is 3. The van der Waals surface area contributed by atoms with E-state index in [0.717, 1.165) is 35.1 Å². The van der Waals surface area contributed by atoms with Crippen molar-refractivity contribution in [2.45, 2.75) is 18.9 Å². The van der Waals surface area contributed by atoms with Crippen molar-refractivity contribution >= 4 is 38.8 Å². The smallest absolute Gasteiger partial charge is 0.106 e. The lowest BCUT2D eigenvalue weighted by molar-refractivity contribution is 0.154. The molecule has 0 aromatic heterocycles. The van der Waals surface area contributed by atoms with Crippen molar-refractivity contribution in [1.29, 1.82) is 0 Å². The van der Waals surface area contributed by atoms with Crippen LogP contribution in [0.2, 0.25) is 0 Å². The fourth-order valence-corrected chi connectivity index (χ4v) is 2.68. The van der Waals surface area contributed by atoms with Crippen molar-refractivity contribution in [3.8, 4) is 0 Å². The van der Waals surface area contributed by atoms with Gasteiger partial charge in [-0.05, 0) is 31.0 Å². The molecule has 0 aliphatic carbocycles. The van der Waals surface area contributed by atoms with Gasteiger partial charge in [-0.15, -0.1) is 0 Å². The normalized spacial score (nSPS) is 20.4. The molecule has 1 aromatic rings. The van der Waals surface area contributed by atoms with Crippen molar-refractivity contribution in [2.24, 2.45) is 5.73 Å². The summed E-state index contributed by atoms with van der Waals surface area (Å²) in [4.78, 5) is 2.54. The monoisotopic (exact) mass is 314 g/mol. The lowest BCUT2D eigenvalue weighted by Crippen LogP contribution is -2.39. The molecule has 0 spiro atoms. The molecule has 3 nitrogen and oxygen atoms in total. The molecular formula is C12H15BrN2OS. The highest BCUT2D eigenvalue weighted by Crippen LogP contribution is 2.27. The van der Waals surface area contributed by atoms with E-state index in [1.54, 1.807) is 0 Å². The minimum Gasteiger partial charge on any atom is -0.391 e. The van der Waals surface area contributed by atoms with Crippen LogP contribution in [0.3, 0.4) is 0 Å². The molecule has 0 saturated carbocycles. The number of nitrogens with two attached hydrogens (primary N) is 1. The lowest BCUT2D eigenvalue weighted by atomic mass is 10.1. The van der Waals surface area contributed by atoms with Gasteiger partial charge in [-0.25, -0.2) is 0 Å². The second-order valence-electron chi connectivity index (χ2n) is 4.27. The van der Waals surface area contributed by atoms with Gasteiger partial charge in [0, 0.05) is 28.8 Å². The number of hydrogen-bond donors (Lipinski definition) is 2. The molecule has 5 heteroatoms. The van der Waals surface area contributed by atoms with Crippen LogP contribution in [0.5, 0.6) is 0 Å². The predicted molar refractivity (Wildman–Crippen MR) is 77.5 cm³/mol. The fraction of sp³-hybridized carbons (Fsp3) is 0.417. The van der Waals surface area contributed by atoms with Crippen LogP contribution in [0.1, 0.15) is 18.4 Å². The Labute approximate surface area is 115 Å². The molecule has 3 N–H and O–H groups in total. The first-order chi connectivity index (χ1) is 8.08. The highest BCUT2D eigenvalue weighted by Gasteiger charge is 2.20. The van der Waals surface area contributed by atoms with E-state index in [2.05, 4.69) is 20.8 Å². The van der Waals surface area contributed by atoms with Crippen LogP contribution in [0.15, 0.2) is 22.7 Å². The molecule has 1 aliphatic heterocycles. The van der Waals surface area contributed by atoms with Crippen molar-refractivity contribution < 1.29 is 5.11 Å². The van der Waals surface area contributed by atoms with Crippen LogP contribution >= 0.6 is 28.1 Å². The molecule has 17 heavy (non-hydrogen) atoms. The Morgan fingerprint density at radius 1 is 1.53 bits per heavy atom. The second kappa shape index (κ2) is 5.33. The van der Waals surface area contributed by atoms with Crippen LogP contribution in [0, 0.1) is 0 Å². The van der Waals surface area contributed by atoms with Gasteiger partial charge in [0.15, 0.2) is 0 Å². The molecule has 1 aliphatic rings. The molecule has 1 fully saturated rings. The third-order valence-corrected chi connectivity index (χ3v) is 3.67. The molecule has 0 radical (unpaired) electrons. The highest BCUT2D eigenvalue weighted by molar-refractivity contribution is 9.10. The molecule has 2 rings (SSSR count). The minimum atomic E-state index is -0.258. The quantitative estimate of drug-likeness (QED) is 0.820. The Morgan fingerprint density at radius 2 is 2.29 bits per heavy atom. The first kappa shape index (κ1) is 12.8. The van der Waals surface area contributed by atoms with E-state index in [0.29, 0.717) is 11.5 Å². The Balaban J connectivity index is 2.33. The Kier molecular flexibility index (Phi) is 4.01. The van der Waals surface area contributed by atoms with Crippen LogP contribution in [0.25, 0.3) is 0 Å². The van der Waals surface area contributed by atoms with Gasteiger partial charge in [-0.1, -0.05) is 28.1 Å². The SMILES string of the molecule is NC(=S)c1cc(Br)ccc1N1CCCC(O)C1. The molecule has 0 bridgehead atoms. The maximum atomic E-state index is 9.71. The number of aliphatic hydroxyl groups is 1. The van der Waals surface area contributed by atoms with Gasteiger partial charge in [0.05, 0.1) is 6.10 Å². The summed E-state index contributed by atoms with van der Waals surface area (Å²) in [5.74, 6) is 0. The highest BCUT2D eigenvalue weighted by atomic mass is 79.9. The van der Waals surface area contributed by atoms with Crippen LogP contribution < -0.4 is 10.6 Å². The van der Waals surface area contributed by atoms with E-state index in [1.807, 2.05) is 18.2 Å². The standard InChI is InChI=1S/C12H15BrN2OS/c13-8-3-4-11(10(6-8)12(14)17)15-5-1-2-9(16)7-15/h3-4,6,9,16H,1-2,5,7H2,(H2,14,17). The van der Waals surface area contributed by atoms with E-state index >= 15 is 0 Å². The number of thiocarbonyl (C=S) groups is 1. The van der Waals surface area contributed by atoms with Crippen molar-refractivity contribution in [3.63, 3.8) is 0 Å². The third-order valence-electron chi connectivity index (χ3n) is 2.96. The number of benzene rings is 1. The maximum Gasteiger partial charge on any atom is 0.106 e. The summed E-state index contributed by atoms with van der Waals surface area (Å²) < 4.78 is 0.960. The van der Waals surface area contributed by atoms with Gasteiger partial charge >= 0.3 is 0 Å². The number of anilines is 1. The summed E-state index contributed by atoms with van der Waals surface area (Å²) in [6, 6.07) is 5.90. The zero-order valence-electron chi connectivity index (χ0n) is 9.40. The summed E-state index contributed by atoms with van der Waals surface area (Å²) >= 11 is 8.49. The average molecular weight is 315 g/mol. The Hall–Kier alpha value is -0.650. The summed E-state index contributed by atoms with van der Waals surface area (Å²) in [5, 5.41) is 9.71. The van der Waals surface area contributed by atoms with Gasteiger partial charge in [0.1, 0.15) is 4.99 Å². The van der Waals surface area contributed by atoms with Crippen molar-refractivity contribution in [2.75, 3.05) is 18.0 Å². The summed E-state index contributed by atoms with van der Waals surface area (Å²) in [6.07, 6.45) is 1.61. The zero-order chi connectivity index (χ0) is 12.4. The lowest BCUT2D eigenvalue weighted by Gasteiger charge is -2.33. The maximum absolute atomic E-state index is 9.71. The van der Waals surface area contributed by atoms with Crippen LogP contribution in [-0.4, -0.2) is 29.3 Å². The van der Waals surface area contributed by atoms with Crippen molar-refractivity contribution in [3.05, 3.63) is 28.2 Å². The van der Waals surface area contributed by atoms with E-state index in [1.165, 1.54) is 0 Å². The average Bonchev–Trinajstić information content (AvgIpc) is 2.28. The summed E-state index contributed by atoms with van der Waals surface area (Å²) in [5.41, 5.74) is 7.62. The zero-order valence-corrected chi connectivity index (χ0v) is 11.8. The topological polar surface area (TPSA) is 49.5 Å². The number of rotatable bonds is 2. The van der Waals surface area contributed by atoms with Gasteiger partial charge in [-0.2, -0.15) is 0 Å². The number of aliphatic hydroxyl groups excluding tert-OH is 1. The van der Waals surface area contributed by atoms with E-state index in [4.69, 9.17) is 18.0 Å². The number of piperidine rings is 1. The number of halogens is 1. The summed E-state index contributed by atoms with van der Waals surface area (Å²) in [7, 11) is 0. The fourth-order valence-electron chi connectivity index (χ4n) is 2.15. The molecule has 1 saturated heterocycles. The third kappa shape index (κ3) is 2.97. The molecule has 1 atom stereocenters. The Bertz CT molecular complexity index is 439. The first-order valence-corrected chi connectivity index (χ1v) is 6.80. The second-order valence-corrected chi connectivity index (χ2v) is 5.62. The predicted octanol–water partition coefficient (Wildman–Crippen LogP) is 2.04. The van der Waals surface area contributed by atoms with Gasteiger partial charge in [0.25, 0.3) is 0 Å². The van der Waals surface area contributed by atoms with Gasteiger partial charge in [-0.3, -0.25) is 0 Å². The first-order valence-electron chi connectivity index (χ1n) is 5.60. The van der Waals surface area contributed by atoms with Crippen LogP contribution in [0.4, 0.5) is 5.69 Å². The largest absolute Gasteiger partial charge is 0.391 e. The molecule has 1 unspecified atom stereocenters. The molecule has 92 valence electrons. The molecular weight excluding hydrogens is 300 g/mol. The van der Waals surface area contributed by atoms with Gasteiger partial charge in [0.2, 0.25) is 0 Å². The van der Waals surface area contributed by atoms with Crippen molar-refractivity contribution in [1.82, 2.24) is 0 Å². The summed E-state index contributed by atoms with van der Waals surface area (Å²) in [6.45, 7) is 1.59. The minimum absolute atomic E-state index is 0.258. The van der Waals surface area contributed by atoms with E-state index in [-0.39, 0.29) is 6.10 Å². The molecule has 0 amide bonds. The number of β-amino-alcohol motifs (C(OH)–C–C–N with tert-alkyl or cyclic N) is 1. The Morgan fingerprint density at radius 3 is 2.94 bits per heavy atom. The molecule has 1 heterocycles. The van der Waals surface area contributed by atoms with Crippen LogP contribution in [-0.2, 0) is 0 Å².